The van der Waals surface area contributed by atoms with Crippen LogP contribution in [-0.2, 0) is 0 Å². The fourth-order valence-electron chi connectivity index (χ4n) is 4.07. The number of carbonyl (C=O) groups is 1. The van der Waals surface area contributed by atoms with E-state index >= 15 is 0 Å². The average Bonchev–Trinajstić information content (AvgIpc) is 3.27. The van der Waals surface area contributed by atoms with Gasteiger partial charge in [0.15, 0.2) is 0 Å². The molecule has 2 aliphatic rings. The van der Waals surface area contributed by atoms with Gasteiger partial charge in [0, 0.05) is 30.6 Å². The van der Waals surface area contributed by atoms with Crippen LogP contribution in [0.3, 0.4) is 0 Å². The van der Waals surface area contributed by atoms with E-state index < -0.39 is 0 Å². The molecule has 0 unspecified atom stereocenters. The number of aryl methyl sites for hydroxylation is 1. The van der Waals surface area contributed by atoms with Crippen molar-refractivity contribution in [2.24, 2.45) is 0 Å². The van der Waals surface area contributed by atoms with Crippen LogP contribution in [0.1, 0.15) is 42.2 Å². The van der Waals surface area contributed by atoms with E-state index in [1.54, 1.807) is 11.3 Å². The Morgan fingerprint density at radius 3 is 2.52 bits per heavy atom. The summed E-state index contributed by atoms with van der Waals surface area (Å²) in [6, 6.07) is 3.18. The number of rotatable bonds is 5. The third-order valence-electron chi connectivity index (χ3n) is 5.68. The molecule has 25 heavy (non-hydrogen) atoms. The van der Waals surface area contributed by atoms with Crippen molar-refractivity contribution < 1.29 is 4.79 Å². The summed E-state index contributed by atoms with van der Waals surface area (Å²) in [5.74, 6) is 0. The molecule has 0 bridgehead atoms. The Hall–Kier alpha value is -1.11. The van der Waals surface area contributed by atoms with Crippen LogP contribution >= 0.6 is 11.3 Å². The minimum absolute atomic E-state index is 0.0981. The van der Waals surface area contributed by atoms with Crippen LogP contribution in [0.25, 0.3) is 0 Å². The van der Waals surface area contributed by atoms with E-state index in [1.807, 2.05) is 4.90 Å². The lowest BCUT2D eigenvalue weighted by Gasteiger charge is -2.37. The lowest BCUT2D eigenvalue weighted by atomic mass is 10.0. The summed E-state index contributed by atoms with van der Waals surface area (Å²) >= 11 is 1.78. The molecule has 0 aromatic carbocycles. The van der Waals surface area contributed by atoms with Crippen molar-refractivity contribution in [3.8, 4) is 0 Å². The third kappa shape index (κ3) is 4.54. The first-order valence-corrected chi connectivity index (χ1v) is 10.4. The van der Waals surface area contributed by atoms with E-state index in [9.17, 15) is 4.79 Å². The Balaban J connectivity index is 1.48. The molecule has 0 aliphatic carbocycles. The van der Waals surface area contributed by atoms with Gasteiger partial charge in [-0.05, 0) is 76.8 Å². The van der Waals surface area contributed by atoms with Crippen LogP contribution in [0.4, 0.5) is 4.79 Å². The van der Waals surface area contributed by atoms with E-state index in [0.29, 0.717) is 12.6 Å². The number of hydrogen-bond acceptors (Lipinski definition) is 4. The molecule has 6 heteroatoms. The maximum atomic E-state index is 12.6. The summed E-state index contributed by atoms with van der Waals surface area (Å²) in [5, 5.41) is 5.30. The molecule has 0 radical (unpaired) electrons. The van der Waals surface area contributed by atoms with Crippen LogP contribution in [0.2, 0.25) is 0 Å². The largest absolute Gasteiger partial charge is 0.336 e. The van der Waals surface area contributed by atoms with Crippen molar-refractivity contribution in [3.05, 3.63) is 21.9 Å². The fraction of sp³-hybridized carbons (Fsp3) is 0.737. The summed E-state index contributed by atoms with van der Waals surface area (Å²) in [6.07, 6.45) is 4.92. The van der Waals surface area contributed by atoms with Crippen LogP contribution in [0, 0.1) is 6.92 Å². The van der Waals surface area contributed by atoms with E-state index in [2.05, 4.69) is 47.6 Å². The molecule has 2 aliphatic heterocycles. The van der Waals surface area contributed by atoms with Gasteiger partial charge < -0.3 is 20.0 Å². The maximum Gasteiger partial charge on any atom is 0.317 e. The highest BCUT2D eigenvalue weighted by molar-refractivity contribution is 7.10. The number of urea groups is 1. The highest BCUT2D eigenvalue weighted by Crippen LogP contribution is 2.27. The molecule has 3 heterocycles. The van der Waals surface area contributed by atoms with E-state index in [0.717, 1.165) is 25.9 Å². The van der Waals surface area contributed by atoms with Gasteiger partial charge >= 0.3 is 6.03 Å². The zero-order valence-corrected chi connectivity index (χ0v) is 16.6. The Bertz CT molecular complexity index is 560. The SMILES string of the molecule is Cc1ccsc1[C@@H](CNC(=O)N1CCC(N2CCCC2)CC1)N(C)C. The predicted molar refractivity (Wildman–Crippen MR) is 104 cm³/mol. The topological polar surface area (TPSA) is 38.8 Å². The summed E-state index contributed by atoms with van der Waals surface area (Å²) < 4.78 is 0. The van der Waals surface area contributed by atoms with Gasteiger partial charge in [-0.25, -0.2) is 4.79 Å². The summed E-state index contributed by atoms with van der Waals surface area (Å²) in [6.45, 7) is 7.09. The van der Waals surface area contributed by atoms with Crippen molar-refractivity contribution >= 4 is 17.4 Å². The number of carbonyl (C=O) groups excluding carboxylic acids is 1. The smallest absolute Gasteiger partial charge is 0.317 e. The molecule has 3 rings (SSSR count). The highest BCUT2D eigenvalue weighted by atomic mass is 32.1. The molecular weight excluding hydrogens is 332 g/mol. The molecule has 2 fully saturated rings. The molecule has 1 N–H and O–H groups in total. The third-order valence-corrected chi connectivity index (χ3v) is 6.80. The molecule has 2 amide bonds. The van der Waals surface area contributed by atoms with Gasteiger partial charge in [-0.3, -0.25) is 0 Å². The minimum atomic E-state index is 0.0981. The van der Waals surface area contributed by atoms with Crippen molar-refractivity contribution in [3.63, 3.8) is 0 Å². The van der Waals surface area contributed by atoms with Gasteiger partial charge in [0.1, 0.15) is 0 Å². The van der Waals surface area contributed by atoms with Gasteiger partial charge in [0.25, 0.3) is 0 Å². The molecule has 2 saturated heterocycles. The lowest BCUT2D eigenvalue weighted by Crippen LogP contribution is -2.50. The Morgan fingerprint density at radius 2 is 1.96 bits per heavy atom. The van der Waals surface area contributed by atoms with Gasteiger partial charge in [0.2, 0.25) is 0 Å². The van der Waals surface area contributed by atoms with Crippen molar-refractivity contribution in [2.45, 2.75) is 44.7 Å². The molecule has 0 saturated carbocycles. The number of likely N-dealkylation sites (tertiary alicyclic amines) is 2. The van der Waals surface area contributed by atoms with Crippen LogP contribution in [0.5, 0.6) is 0 Å². The van der Waals surface area contributed by atoms with Crippen molar-refractivity contribution in [1.29, 1.82) is 0 Å². The monoisotopic (exact) mass is 364 g/mol. The zero-order valence-electron chi connectivity index (χ0n) is 15.8. The first-order chi connectivity index (χ1) is 12.1. The van der Waals surface area contributed by atoms with Gasteiger partial charge in [-0.15, -0.1) is 11.3 Å². The first kappa shape index (κ1) is 18.7. The van der Waals surface area contributed by atoms with Crippen molar-refractivity contribution in [2.75, 3.05) is 46.8 Å². The number of piperidine rings is 1. The molecule has 1 aromatic heterocycles. The first-order valence-electron chi connectivity index (χ1n) is 9.53. The van der Waals surface area contributed by atoms with Gasteiger partial charge in [-0.1, -0.05) is 0 Å². The molecular formula is C19H32N4OS. The molecule has 1 aromatic rings. The standard InChI is InChI=1S/C19H32N4OS/c1-15-8-13-25-18(15)17(21(2)3)14-20-19(24)23-11-6-16(7-12-23)22-9-4-5-10-22/h8,13,16-17H,4-7,9-12,14H2,1-3H3,(H,20,24)/t17-/m1/s1. The molecule has 0 spiro atoms. The Morgan fingerprint density at radius 1 is 1.28 bits per heavy atom. The normalized spacial score (nSPS) is 21.0. The second-order valence-corrected chi connectivity index (χ2v) is 8.54. The van der Waals surface area contributed by atoms with Crippen molar-refractivity contribution in [1.82, 2.24) is 20.0 Å². The van der Waals surface area contributed by atoms with E-state index in [1.165, 1.54) is 36.4 Å². The number of nitrogens with zero attached hydrogens (tertiary/aromatic N) is 3. The number of likely N-dealkylation sites (N-methyl/N-ethyl adjacent to an activating group) is 1. The van der Waals surface area contributed by atoms with E-state index in [-0.39, 0.29) is 12.1 Å². The summed E-state index contributed by atoms with van der Waals surface area (Å²) in [4.78, 5) is 20.8. The average molecular weight is 365 g/mol. The molecule has 140 valence electrons. The van der Waals surface area contributed by atoms with Crippen LogP contribution in [-0.4, -0.2) is 73.6 Å². The van der Waals surface area contributed by atoms with Gasteiger partial charge in [-0.2, -0.15) is 0 Å². The quantitative estimate of drug-likeness (QED) is 0.873. The second-order valence-electron chi connectivity index (χ2n) is 7.59. The fourth-order valence-corrected chi connectivity index (χ4v) is 5.20. The number of nitrogens with one attached hydrogen (secondary N) is 1. The zero-order chi connectivity index (χ0) is 17.8. The number of hydrogen-bond donors (Lipinski definition) is 1. The number of amides is 2. The minimum Gasteiger partial charge on any atom is -0.336 e. The van der Waals surface area contributed by atoms with E-state index in [4.69, 9.17) is 0 Å². The Labute approximate surface area is 156 Å². The van der Waals surface area contributed by atoms with Crippen LogP contribution in [0.15, 0.2) is 11.4 Å². The summed E-state index contributed by atoms with van der Waals surface area (Å²) in [7, 11) is 4.16. The lowest BCUT2D eigenvalue weighted by molar-refractivity contribution is 0.132. The Kier molecular flexibility index (Phi) is 6.36. The predicted octanol–water partition coefficient (Wildman–Crippen LogP) is 2.93. The van der Waals surface area contributed by atoms with Crippen LogP contribution < -0.4 is 5.32 Å². The number of thiophene rings is 1. The van der Waals surface area contributed by atoms with Gasteiger partial charge in [0.05, 0.1) is 6.04 Å². The summed E-state index contributed by atoms with van der Waals surface area (Å²) in [5.41, 5.74) is 1.31. The molecule has 5 nitrogen and oxygen atoms in total. The second kappa shape index (κ2) is 8.52. The highest BCUT2D eigenvalue weighted by Gasteiger charge is 2.28. The molecule has 1 atom stereocenters. The maximum absolute atomic E-state index is 12.6.